The summed E-state index contributed by atoms with van der Waals surface area (Å²) < 4.78 is 13.9. The molecular weight excluding hydrogens is 289 g/mol. The fraction of sp³-hybridized carbons (Fsp3) is 0.312. The molecule has 1 aromatic carbocycles. The van der Waals surface area contributed by atoms with Gasteiger partial charge >= 0.3 is 0 Å². The maximum absolute atomic E-state index is 13.9. The molecule has 1 amide bonds. The standard InChI is InChI=1S/C16H16FNO2S/c1-2-11-12-6-9(17)7-13(15(12)18-16(11)20)14(19)8-10-4-3-5-21-10/h3-7,11,14,19H,2,8H2,1H3,(H,18,20). The fourth-order valence-corrected chi connectivity index (χ4v) is 3.56. The number of aliphatic hydroxyl groups is 1. The van der Waals surface area contributed by atoms with Crippen molar-refractivity contribution in [2.45, 2.75) is 31.8 Å². The number of amides is 1. The Morgan fingerprint density at radius 1 is 1.48 bits per heavy atom. The minimum Gasteiger partial charge on any atom is -0.388 e. The van der Waals surface area contributed by atoms with Gasteiger partial charge in [0.15, 0.2) is 0 Å². The first-order chi connectivity index (χ1) is 10.1. The van der Waals surface area contributed by atoms with Crippen LogP contribution in [0, 0.1) is 5.82 Å². The van der Waals surface area contributed by atoms with Gasteiger partial charge in [-0.25, -0.2) is 4.39 Å². The normalized spacial score (nSPS) is 18.4. The van der Waals surface area contributed by atoms with E-state index in [2.05, 4.69) is 5.32 Å². The highest BCUT2D eigenvalue weighted by atomic mass is 32.1. The van der Waals surface area contributed by atoms with Gasteiger partial charge in [-0.1, -0.05) is 13.0 Å². The van der Waals surface area contributed by atoms with Gasteiger partial charge in [0.05, 0.1) is 17.7 Å². The Labute approximate surface area is 126 Å². The number of anilines is 1. The molecule has 0 spiro atoms. The molecule has 0 radical (unpaired) electrons. The average Bonchev–Trinajstić information content (AvgIpc) is 3.04. The SMILES string of the molecule is CCC1C(=O)Nc2c(C(O)Cc3cccs3)cc(F)cc21. The van der Waals surface area contributed by atoms with E-state index in [1.807, 2.05) is 24.4 Å². The van der Waals surface area contributed by atoms with Crippen LogP contribution in [0.15, 0.2) is 29.6 Å². The summed E-state index contributed by atoms with van der Waals surface area (Å²) in [6.07, 6.45) is 0.201. The molecule has 0 fully saturated rings. The first-order valence-corrected chi connectivity index (χ1v) is 7.82. The van der Waals surface area contributed by atoms with Gasteiger partial charge in [0, 0.05) is 16.9 Å². The Kier molecular flexibility index (Phi) is 3.78. The minimum absolute atomic E-state index is 0.123. The molecule has 1 aromatic heterocycles. The maximum Gasteiger partial charge on any atom is 0.232 e. The summed E-state index contributed by atoms with van der Waals surface area (Å²) in [6, 6.07) is 6.55. The van der Waals surface area contributed by atoms with Crippen LogP contribution in [-0.2, 0) is 11.2 Å². The molecule has 2 atom stereocenters. The number of fused-ring (bicyclic) bond motifs is 1. The average molecular weight is 305 g/mol. The van der Waals surface area contributed by atoms with Crippen molar-refractivity contribution >= 4 is 22.9 Å². The van der Waals surface area contributed by atoms with E-state index in [1.54, 1.807) is 11.3 Å². The van der Waals surface area contributed by atoms with Crippen LogP contribution in [-0.4, -0.2) is 11.0 Å². The van der Waals surface area contributed by atoms with Gasteiger partial charge in [-0.05, 0) is 35.6 Å². The van der Waals surface area contributed by atoms with Crippen molar-refractivity contribution in [1.29, 1.82) is 0 Å². The van der Waals surface area contributed by atoms with Crippen LogP contribution in [0.1, 0.15) is 41.4 Å². The summed E-state index contributed by atoms with van der Waals surface area (Å²) in [5.74, 6) is -0.866. The summed E-state index contributed by atoms with van der Waals surface area (Å²) in [5.41, 5.74) is 1.70. The molecule has 0 saturated carbocycles. The summed E-state index contributed by atoms with van der Waals surface area (Å²) in [4.78, 5) is 13.0. The number of benzene rings is 1. The summed E-state index contributed by atoms with van der Waals surface area (Å²) in [6.45, 7) is 1.89. The number of hydrogen-bond donors (Lipinski definition) is 2. The lowest BCUT2D eigenvalue weighted by molar-refractivity contribution is -0.117. The molecule has 3 rings (SSSR count). The quantitative estimate of drug-likeness (QED) is 0.906. The zero-order chi connectivity index (χ0) is 15.0. The molecule has 0 aliphatic carbocycles. The lowest BCUT2D eigenvalue weighted by Crippen LogP contribution is -2.11. The van der Waals surface area contributed by atoms with Gasteiger partial charge < -0.3 is 10.4 Å². The monoisotopic (exact) mass is 305 g/mol. The molecular formula is C16H16FNO2S. The lowest BCUT2D eigenvalue weighted by Gasteiger charge is -2.15. The number of rotatable bonds is 4. The van der Waals surface area contributed by atoms with Gasteiger partial charge in [0.2, 0.25) is 5.91 Å². The largest absolute Gasteiger partial charge is 0.388 e. The van der Waals surface area contributed by atoms with Crippen LogP contribution >= 0.6 is 11.3 Å². The van der Waals surface area contributed by atoms with Crippen molar-refractivity contribution in [3.63, 3.8) is 0 Å². The van der Waals surface area contributed by atoms with Crippen LogP contribution in [0.2, 0.25) is 0 Å². The van der Waals surface area contributed by atoms with Crippen LogP contribution in [0.5, 0.6) is 0 Å². The Hall–Kier alpha value is -1.72. The van der Waals surface area contributed by atoms with E-state index < -0.39 is 11.9 Å². The number of hydrogen-bond acceptors (Lipinski definition) is 3. The molecule has 2 N–H and O–H groups in total. The van der Waals surface area contributed by atoms with Crippen molar-refractivity contribution in [2.75, 3.05) is 5.32 Å². The Morgan fingerprint density at radius 2 is 2.29 bits per heavy atom. The fourth-order valence-electron chi connectivity index (χ4n) is 2.82. The van der Waals surface area contributed by atoms with Crippen LogP contribution in [0.4, 0.5) is 10.1 Å². The predicted molar refractivity (Wildman–Crippen MR) is 81.0 cm³/mol. The van der Waals surface area contributed by atoms with E-state index in [1.165, 1.54) is 12.1 Å². The second-order valence-electron chi connectivity index (χ2n) is 5.21. The molecule has 0 saturated heterocycles. The smallest absolute Gasteiger partial charge is 0.232 e. The summed E-state index contributed by atoms with van der Waals surface area (Å²) >= 11 is 1.55. The Balaban J connectivity index is 1.98. The molecule has 2 aromatic rings. The van der Waals surface area contributed by atoms with Crippen LogP contribution in [0.25, 0.3) is 0 Å². The minimum atomic E-state index is -0.830. The van der Waals surface area contributed by atoms with Crippen molar-refractivity contribution < 1.29 is 14.3 Å². The van der Waals surface area contributed by atoms with E-state index in [4.69, 9.17) is 0 Å². The topological polar surface area (TPSA) is 49.3 Å². The Morgan fingerprint density at radius 3 is 2.95 bits per heavy atom. The van der Waals surface area contributed by atoms with Gasteiger partial charge in [0.1, 0.15) is 5.82 Å². The maximum atomic E-state index is 13.9. The van der Waals surface area contributed by atoms with E-state index in [9.17, 15) is 14.3 Å². The molecule has 1 aliphatic rings. The first-order valence-electron chi connectivity index (χ1n) is 6.94. The van der Waals surface area contributed by atoms with Gasteiger partial charge in [-0.2, -0.15) is 0 Å². The third-order valence-corrected chi connectivity index (χ3v) is 4.74. The molecule has 3 nitrogen and oxygen atoms in total. The lowest BCUT2D eigenvalue weighted by atomic mass is 9.94. The Bertz CT molecular complexity index is 669. The number of halogens is 1. The highest BCUT2D eigenvalue weighted by Crippen LogP contribution is 2.40. The van der Waals surface area contributed by atoms with Crippen molar-refractivity contribution in [3.05, 3.63) is 51.5 Å². The third kappa shape index (κ3) is 2.59. The molecule has 0 bridgehead atoms. The molecule has 5 heteroatoms. The zero-order valence-electron chi connectivity index (χ0n) is 11.6. The zero-order valence-corrected chi connectivity index (χ0v) is 12.4. The van der Waals surface area contributed by atoms with E-state index in [0.29, 0.717) is 29.7 Å². The van der Waals surface area contributed by atoms with Crippen molar-refractivity contribution in [1.82, 2.24) is 0 Å². The van der Waals surface area contributed by atoms with Crippen LogP contribution < -0.4 is 5.32 Å². The predicted octanol–water partition coefficient (Wildman–Crippen LogP) is 3.61. The highest BCUT2D eigenvalue weighted by Gasteiger charge is 2.33. The number of aliphatic hydroxyl groups excluding tert-OH is 1. The van der Waals surface area contributed by atoms with Crippen molar-refractivity contribution in [3.8, 4) is 0 Å². The van der Waals surface area contributed by atoms with Gasteiger partial charge in [0.25, 0.3) is 0 Å². The number of thiophene rings is 1. The molecule has 110 valence electrons. The number of nitrogens with one attached hydrogen (secondary N) is 1. The summed E-state index contributed by atoms with van der Waals surface area (Å²) in [7, 11) is 0. The van der Waals surface area contributed by atoms with Crippen LogP contribution in [0.3, 0.4) is 0 Å². The van der Waals surface area contributed by atoms with E-state index in [-0.39, 0.29) is 11.8 Å². The van der Waals surface area contributed by atoms with Gasteiger partial charge in [-0.15, -0.1) is 11.3 Å². The molecule has 1 aliphatic heterocycles. The second kappa shape index (κ2) is 5.58. The number of carbonyl (C=O) groups excluding carboxylic acids is 1. The molecule has 21 heavy (non-hydrogen) atoms. The third-order valence-electron chi connectivity index (χ3n) is 3.85. The first kappa shape index (κ1) is 14.2. The second-order valence-corrected chi connectivity index (χ2v) is 6.24. The summed E-state index contributed by atoms with van der Waals surface area (Å²) in [5, 5.41) is 15.1. The molecule has 2 unspecified atom stereocenters. The van der Waals surface area contributed by atoms with E-state index in [0.717, 1.165) is 4.88 Å². The number of carbonyl (C=O) groups is 1. The van der Waals surface area contributed by atoms with Gasteiger partial charge in [-0.3, -0.25) is 4.79 Å². The van der Waals surface area contributed by atoms with Crippen molar-refractivity contribution in [2.24, 2.45) is 0 Å². The molecule has 2 heterocycles. The highest BCUT2D eigenvalue weighted by molar-refractivity contribution is 7.09. The van der Waals surface area contributed by atoms with E-state index >= 15 is 0 Å².